The number of piperazine rings is 1. The molecule has 0 aliphatic carbocycles. The molecular formula is C21H26N4O2. The summed E-state index contributed by atoms with van der Waals surface area (Å²) in [5, 5.41) is 5.53. The molecule has 1 saturated heterocycles. The molecule has 0 aromatic heterocycles. The molecule has 2 amide bonds. The summed E-state index contributed by atoms with van der Waals surface area (Å²) in [6.07, 6.45) is -0.214. The average Bonchev–Trinajstić information content (AvgIpc) is 2.63. The Bertz CT molecular complexity index is 796. The second kappa shape index (κ2) is 8.68. The first-order chi connectivity index (χ1) is 13.0. The van der Waals surface area contributed by atoms with Crippen LogP contribution in [0.25, 0.3) is 0 Å². The number of rotatable bonds is 5. The quantitative estimate of drug-likeness (QED) is 0.799. The van der Waals surface area contributed by atoms with Crippen molar-refractivity contribution in [3.63, 3.8) is 0 Å². The van der Waals surface area contributed by atoms with Gasteiger partial charge in [0.2, 0.25) is 11.8 Å². The number of amides is 2. The fraction of sp³-hybridized carbons (Fsp3) is 0.333. The Kier molecular flexibility index (Phi) is 6.08. The van der Waals surface area contributed by atoms with Gasteiger partial charge in [0, 0.05) is 43.2 Å². The van der Waals surface area contributed by atoms with Gasteiger partial charge in [-0.3, -0.25) is 9.59 Å². The fourth-order valence-corrected chi connectivity index (χ4v) is 3.10. The topological polar surface area (TPSA) is 64.7 Å². The average molecular weight is 366 g/mol. The third-order valence-corrected chi connectivity index (χ3v) is 4.64. The van der Waals surface area contributed by atoms with Crippen molar-refractivity contribution >= 4 is 28.9 Å². The van der Waals surface area contributed by atoms with E-state index in [1.165, 1.54) is 0 Å². The summed E-state index contributed by atoms with van der Waals surface area (Å²) in [6, 6.07) is 15.3. The lowest BCUT2D eigenvalue weighted by Crippen LogP contribution is -2.44. The molecule has 6 heteroatoms. The number of hydrogen-bond acceptors (Lipinski definition) is 4. The molecule has 3 rings (SSSR count). The normalized spacial score (nSPS) is 14.7. The Morgan fingerprint density at radius 1 is 0.889 bits per heavy atom. The van der Waals surface area contributed by atoms with Gasteiger partial charge in [0.1, 0.15) is 6.42 Å². The van der Waals surface area contributed by atoms with Gasteiger partial charge in [-0.25, -0.2) is 0 Å². The van der Waals surface area contributed by atoms with Crippen LogP contribution < -0.4 is 15.5 Å². The summed E-state index contributed by atoms with van der Waals surface area (Å²) in [7, 11) is 2.13. The molecule has 1 heterocycles. The molecule has 1 fully saturated rings. The second-order valence-electron chi connectivity index (χ2n) is 6.98. The second-order valence-corrected chi connectivity index (χ2v) is 6.98. The smallest absolute Gasteiger partial charge is 0.233 e. The van der Waals surface area contributed by atoms with Crippen LogP contribution in [0.5, 0.6) is 0 Å². The first-order valence-corrected chi connectivity index (χ1v) is 9.19. The maximum atomic E-state index is 12.1. The van der Waals surface area contributed by atoms with Crippen LogP contribution in [0.1, 0.15) is 12.0 Å². The molecule has 0 atom stereocenters. The first-order valence-electron chi connectivity index (χ1n) is 9.19. The highest BCUT2D eigenvalue weighted by atomic mass is 16.2. The fourth-order valence-electron chi connectivity index (χ4n) is 3.10. The lowest BCUT2D eigenvalue weighted by Gasteiger charge is -2.34. The van der Waals surface area contributed by atoms with E-state index in [4.69, 9.17) is 0 Å². The van der Waals surface area contributed by atoms with E-state index in [2.05, 4.69) is 27.5 Å². The molecule has 1 aliphatic heterocycles. The summed E-state index contributed by atoms with van der Waals surface area (Å²) < 4.78 is 0. The van der Waals surface area contributed by atoms with Gasteiger partial charge in [0.15, 0.2) is 0 Å². The summed E-state index contributed by atoms with van der Waals surface area (Å²) in [6.45, 7) is 6.06. The van der Waals surface area contributed by atoms with Gasteiger partial charge < -0.3 is 20.4 Å². The standard InChI is InChI=1S/C21H26N4O2/c1-16-4-3-5-18(14-16)23-21(27)15-20(26)22-17-6-8-19(9-7-17)25-12-10-24(2)11-13-25/h3-9,14H,10-13,15H2,1-2H3,(H,22,26)(H,23,27). The van der Waals surface area contributed by atoms with Crippen molar-refractivity contribution in [1.29, 1.82) is 0 Å². The van der Waals surface area contributed by atoms with E-state index in [1.807, 2.05) is 49.4 Å². The molecule has 0 spiro atoms. The van der Waals surface area contributed by atoms with Crippen LogP contribution in [0.4, 0.5) is 17.1 Å². The minimum atomic E-state index is -0.327. The molecule has 0 bridgehead atoms. The lowest BCUT2D eigenvalue weighted by atomic mass is 10.2. The highest BCUT2D eigenvalue weighted by Gasteiger charge is 2.14. The van der Waals surface area contributed by atoms with Gasteiger partial charge in [-0.2, -0.15) is 0 Å². The number of benzene rings is 2. The minimum absolute atomic E-state index is 0.214. The number of aryl methyl sites for hydroxylation is 1. The highest BCUT2D eigenvalue weighted by molar-refractivity contribution is 6.08. The summed E-state index contributed by atoms with van der Waals surface area (Å²) in [5.74, 6) is -0.653. The van der Waals surface area contributed by atoms with E-state index in [0.717, 1.165) is 37.4 Å². The highest BCUT2D eigenvalue weighted by Crippen LogP contribution is 2.19. The monoisotopic (exact) mass is 366 g/mol. The van der Waals surface area contributed by atoms with Crippen molar-refractivity contribution in [3.05, 3.63) is 54.1 Å². The van der Waals surface area contributed by atoms with E-state index in [0.29, 0.717) is 11.4 Å². The van der Waals surface area contributed by atoms with Crippen molar-refractivity contribution in [3.8, 4) is 0 Å². The molecular weight excluding hydrogens is 340 g/mol. The Labute approximate surface area is 160 Å². The zero-order valence-corrected chi connectivity index (χ0v) is 15.9. The molecule has 27 heavy (non-hydrogen) atoms. The molecule has 0 radical (unpaired) electrons. The Hall–Kier alpha value is -2.86. The number of carbonyl (C=O) groups is 2. The first kappa shape index (κ1) is 18.9. The number of nitrogens with zero attached hydrogens (tertiary/aromatic N) is 2. The molecule has 2 aromatic carbocycles. The summed E-state index contributed by atoms with van der Waals surface area (Å²) >= 11 is 0. The predicted molar refractivity (Wildman–Crippen MR) is 109 cm³/mol. The lowest BCUT2D eigenvalue weighted by molar-refractivity contribution is -0.123. The van der Waals surface area contributed by atoms with Crippen LogP contribution in [-0.2, 0) is 9.59 Å². The van der Waals surface area contributed by atoms with Crippen LogP contribution in [-0.4, -0.2) is 49.9 Å². The number of anilines is 3. The van der Waals surface area contributed by atoms with Crippen molar-refractivity contribution in [2.24, 2.45) is 0 Å². The number of carbonyl (C=O) groups excluding carboxylic acids is 2. The van der Waals surface area contributed by atoms with Crippen LogP contribution in [0.15, 0.2) is 48.5 Å². The molecule has 2 N–H and O–H groups in total. The largest absolute Gasteiger partial charge is 0.369 e. The van der Waals surface area contributed by atoms with E-state index in [-0.39, 0.29) is 18.2 Å². The minimum Gasteiger partial charge on any atom is -0.369 e. The van der Waals surface area contributed by atoms with Crippen LogP contribution in [0.2, 0.25) is 0 Å². The molecule has 1 aliphatic rings. The summed E-state index contributed by atoms with van der Waals surface area (Å²) in [4.78, 5) is 28.8. The Balaban J connectivity index is 1.49. The van der Waals surface area contributed by atoms with Crippen LogP contribution in [0, 0.1) is 6.92 Å². The van der Waals surface area contributed by atoms with Crippen LogP contribution >= 0.6 is 0 Å². The third-order valence-electron chi connectivity index (χ3n) is 4.64. The zero-order chi connectivity index (χ0) is 19.2. The van der Waals surface area contributed by atoms with Crippen molar-refractivity contribution in [2.75, 3.05) is 48.8 Å². The molecule has 6 nitrogen and oxygen atoms in total. The van der Waals surface area contributed by atoms with E-state index < -0.39 is 0 Å². The molecule has 0 unspecified atom stereocenters. The van der Waals surface area contributed by atoms with Gasteiger partial charge in [0.25, 0.3) is 0 Å². The maximum Gasteiger partial charge on any atom is 0.233 e. The Morgan fingerprint density at radius 2 is 1.52 bits per heavy atom. The van der Waals surface area contributed by atoms with Crippen LogP contribution in [0.3, 0.4) is 0 Å². The predicted octanol–water partition coefficient (Wildman–Crippen LogP) is 2.71. The SMILES string of the molecule is Cc1cccc(NC(=O)CC(=O)Nc2ccc(N3CCN(C)CC3)cc2)c1. The van der Waals surface area contributed by atoms with Gasteiger partial charge in [-0.05, 0) is 55.9 Å². The maximum absolute atomic E-state index is 12.1. The molecule has 2 aromatic rings. The number of hydrogen-bond donors (Lipinski definition) is 2. The number of nitrogens with one attached hydrogen (secondary N) is 2. The van der Waals surface area contributed by atoms with Crippen molar-refractivity contribution < 1.29 is 9.59 Å². The van der Waals surface area contributed by atoms with E-state index >= 15 is 0 Å². The van der Waals surface area contributed by atoms with Crippen molar-refractivity contribution in [1.82, 2.24) is 4.90 Å². The zero-order valence-electron chi connectivity index (χ0n) is 15.9. The van der Waals surface area contributed by atoms with Gasteiger partial charge in [-0.15, -0.1) is 0 Å². The van der Waals surface area contributed by atoms with Gasteiger partial charge in [-0.1, -0.05) is 12.1 Å². The third kappa shape index (κ3) is 5.56. The van der Waals surface area contributed by atoms with E-state index in [1.54, 1.807) is 6.07 Å². The Morgan fingerprint density at radius 3 is 2.15 bits per heavy atom. The molecule has 0 saturated carbocycles. The number of likely N-dealkylation sites (N-methyl/N-ethyl adjacent to an activating group) is 1. The van der Waals surface area contributed by atoms with E-state index in [9.17, 15) is 9.59 Å². The van der Waals surface area contributed by atoms with Gasteiger partial charge >= 0.3 is 0 Å². The van der Waals surface area contributed by atoms with Crippen molar-refractivity contribution in [2.45, 2.75) is 13.3 Å². The van der Waals surface area contributed by atoms with Gasteiger partial charge in [0.05, 0.1) is 0 Å². The molecule has 142 valence electrons. The summed E-state index contributed by atoms with van der Waals surface area (Å²) in [5.41, 5.74) is 3.60.